The van der Waals surface area contributed by atoms with Gasteiger partial charge in [0, 0.05) is 18.4 Å². The van der Waals surface area contributed by atoms with E-state index < -0.39 is 17.2 Å². The molecule has 0 fully saturated rings. The fourth-order valence-corrected chi connectivity index (χ4v) is 2.98. The van der Waals surface area contributed by atoms with E-state index in [1.54, 1.807) is 6.92 Å². The van der Waals surface area contributed by atoms with Crippen molar-refractivity contribution in [2.45, 2.75) is 84.5 Å². The summed E-state index contributed by atoms with van der Waals surface area (Å²) in [5, 5.41) is 0. The number of rotatable bonds is 11. The zero-order chi connectivity index (χ0) is 20.7. The number of hydrogen-bond acceptors (Lipinski definition) is 4. The molecule has 3 atom stereocenters. The Morgan fingerprint density at radius 1 is 1.11 bits per heavy atom. The summed E-state index contributed by atoms with van der Waals surface area (Å²) in [4.78, 5) is 24.8. The Hall–Kier alpha value is -1.94. The average Bonchev–Trinajstić information content (AvgIpc) is 2.61. The van der Waals surface area contributed by atoms with Gasteiger partial charge < -0.3 is 9.47 Å². The van der Waals surface area contributed by atoms with Gasteiger partial charge >= 0.3 is 5.97 Å². The third-order valence-corrected chi connectivity index (χ3v) is 5.09. The predicted octanol–water partition coefficient (Wildman–Crippen LogP) is 5.05. The van der Waals surface area contributed by atoms with Crippen LogP contribution in [-0.4, -0.2) is 29.1 Å². The highest BCUT2D eigenvalue weighted by Gasteiger charge is 2.37. The second kappa shape index (κ2) is 9.84. The highest BCUT2D eigenvalue weighted by atomic mass is 16.6. The van der Waals surface area contributed by atoms with Crippen LogP contribution >= 0.6 is 0 Å². The van der Waals surface area contributed by atoms with Crippen molar-refractivity contribution in [2.75, 3.05) is 0 Å². The van der Waals surface area contributed by atoms with Gasteiger partial charge in [0.25, 0.3) is 0 Å². The number of ether oxygens (including phenoxy) is 2. The van der Waals surface area contributed by atoms with Crippen molar-refractivity contribution in [2.24, 2.45) is 0 Å². The van der Waals surface area contributed by atoms with Crippen LogP contribution in [0.25, 0.3) is 0 Å². The van der Waals surface area contributed by atoms with Crippen LogP contribution < -0.4 is 0 Å². The Labute approximate surface area is 163 Å². The summed E-state index contributed by atoms with van der Waals surface area (Å²) in [7, 11) is 0. The first-order valence-electron chi connectivity index (χ1n) is 9.69. The van der Waals surface area contributed by atoms with E-state index in [4.69, 9.17) is 9.47 Å². The van der Waals surface area contributed by atoms with Crippen LogP contribution in [0.15, 0.2) is 42.5 Å². The molecule has 150 valence electrons. The third-order valence-electron chi connectivity index (χ3n) is 5.09. The number of esters is 1. The smallest absolute Gasteiger partial charge is 0.333 e. The van der Waals surface area contributed by atoms with Gasteiger partial charge in [-0.15, -0.1) is 0 Å². The maximum Gasteiger partial charge on any atom is 0.333 e. The molecule has 0 aliphatic rings. The van der Waals surface area contributed by atoms with Gasteiger partial charge in [-0.1, -0.05) is 50.8 Å². The molecule has 0 aromatic heterocycles. The molecule has 0 radical (unpaired) electrons. The van der Waals surface area contributed by atoms with Crippen molar-refractivity contribution in [3.05, 3.63) is 48.0 Å². The Bertz CT molecular complexity index is 652. The van der Waals surface area contributed by atoms with Gasteiger partial charge in [0.05, 0.1) is 6.10 Å². The zero-order valence-corrected chi connectivity index (χ0v) is 17.6. The van der Waals surface area contributed by atoms with Gasteiger partial charge in [-0.3, -0.25) is 4.79 Å². The van der Waals surface area contributed by atoms with E-state index in [1.165, 1.54) is 0 Å². The molecular weight excluding hydrogens is 340 g/mol. The minimum Gasteiger partial charge on any atom is -0.456 e. The number of hydrogen-bond donors (Lipinski definition) is 0. The van der Waals surface area contributed by atoms with Crippen LogP contribution in [0, 0.1) is 0 Å². The average molecular weight is 375 g/mol. The molecule has 1 aromatic rings. The van der Waals surface area contributed by atoms with Gasteiger partial charge in [0.1, 0.15) is 11.2 Å². The molecule has 0 N–H and O–H groups in total. The monoisotopic (exact) mass is 374 g/mol. The third kappa shape index (κ3) is 6.94. The van der Waals surface area contributed by atoms with E-state index in [2.05, 4.69) is 6.58 Å². The van der Waals surface area contributed by atoms with Crippen LogP contribution in [-0.2, 0) is 25.5 Å². The summed E-state index contributed by atoms with van der Waals surface area (Å²) < 4.78 is 11.8. The zero-order valence-electron chi connectivity index (χ0n) is 17.6. The van der Waals surface area contributed by atoms with Gasteiger partial charge in [0.15, 0.2) is 5.78 Å². The highest BCUT2D eigenvalue weighted by molar-refractivity contribution is 5.89. The molecular formula is C23H34O4. The summed E-state index contributed by atoms with van der Waals surface area (Å²) in [6, 6.07) is 9.69. The number of carbonyl (C=O) groups is 2. The highest BCUT2D eigenvalue weighted by Crippen LogP contribution is 2.28. The van der Waals surface area contributed by atoms with E-state index in [0.29, 0.717) is 31.3 Å². The first-order chi connectivity index (χ1) is 12.5. The lowest BCUT2D eigenvalue weighted by Gasteiger charge is -2.36. The van der Waals surface area contributed by atoms with Crippen molar-refractivity contribution in [3.63, 3.8) is 0 Å². The minimum atomic E-state index is -0.873. The van der Waals surface area contributed by atoms with Gasteiger partial charge in [0.2, 0.25) is 0 Å². The lowest BCUT2D eigenvalue weighted by atomic mass is 9.91. The summed E-state index contributed by atoms with van der Waals surface area (Å²) >= 11 is 0. The fraction of sp³-hybridized carbons (Fsp3) is 0.565. The first kappa shape index (κ1) is 23.1. The maximum absolute atomic E-state index is 12.9. The second-order valence-corrected chi connectivity index (χ2v) is 7.78. The van der Waals surface area contributed by atoms with Crippen molar-refractivity contribution < 1.29 is 19.1 Å². The Kier molecular flexibility index (Phi) is 8.42. The van der Waals surface area contributed by atoms with E-state index >= 15 is 0 Å². The lowest BCUT2D eigenvalue weighted by Crippen LogP contribution is -2.44. The molecule has 0 saturated carbocycles. The van der Waals surface area contributed by atoms with Crippen LogP contribution in [0.2, 0.25) is 0 Å². The minimum absolute atomic E-state index is 0.0557. The molecule has 0 spiro atoms. The van der Waals surface area contributed by atoms with Crippen molar-refractivity contribution in [1.82, 2.24) is 0 Å². The molecule has 3 unspecified atom stereocenters. The standard InChI is InChI=1S/C23H34O4/c1-8-22(6,27-21(25)17(3)4)16-18(5)26-23(7,9-2)20(24)15-19-13-11-10-12-14-19/h10-14,18H,3,8-9,15-16H2,1-2,4-7H3. The number of carbonyl (C=O) groups excluding carboxylic acids is 2. The lowest BCUT2D eigenvalue weighted by molar-refractivity contribution is -0.166. The molecule has 1 rings (SSSR count). The SMILES string of the molecule is C=C(C)C(=O)OC(C)(CC)CC(C)OC(C)(CC)C(=O)Cc1ccccc1. The van der Waals surface area contributed by atoms with E-state index in [-0.39, 0.29) is 11.9 Å². The number of Topliss-reactive ketones (excluding diaryl/α,β-unsaturated/α-hetero) is 1. The van der Waals surface area contributed by atoms with Gasteiger partial charge in [-0.05, 0) is 46.1 Å². The van der Waals surface area contributed by atoms with Crippen LogP contribution in [0.4, 0.5) is 0 Å². The molecule has 0 aliphatic heterocycles. The van der Waals surface area contributed by atoms with Gasteiger partial charge in [-0.2, -0.15) is 0 Å². The van der Waals surface area contributed by atoms with E-state index in [1.807, 2.05) is 65.0 Å². The quantitative estimate of drug-likeness (QED) is 0.402. The van der Waals surface area contributed by atoms with Gasteiger partial charge in [-0.25, -0.2) is 4.79 Å². The molecule has 4 nitrogen and oxygen atoms in total. The summed E-state index contributed by atoms with van der Waals surface area (Å²) in [5.74, 6) is -0.342. The molecule has 0 bridgehead atoms. The molecule has 0 saturated heterocycles. The fourth-order valence-electron chi connectivity index (χ4n) is 2.98. The Morgan fingerprint density at radius 2 is 1.70 bits per heavy atom. The molecule has 0 amide bonds. The van der Waals surface area contributed by atoms with E-state index in [0.717, 1.165) is 5.56 Å². The molecule has 4 heteroatoms. The van der Waals surface area contributed by atoms with Crippen molar-refractivity contribution in [3.8, 4) is 0 Å². The topological polar surface area (TPSA) is 52.6 Å². The Balaban J connectivity index is 2.80. The van der Waals surface area contributed by atoms with Crippen molar-refractivity contribution >= 4 is 11.8 Å². The normalized spacial score (nSPS) is 16.7. The Morgan fingerprint density at radius 3 is 2.19 bits per heavy atom. The molecule has 0 heterocycles. The summed E-state index contributed by atoms with van der Waals surface area (Å²) in [5.41, 5.74) is -0.179. The van der Waals surface area contributed by atoms with Crippen LogP contribution in [0.1, 0.15) is 66.4 Å². The predicted molar refractivity (Wildman–Crippen MR) is 109 cm³/mol. The molecule has 27 heavy (non-hydrogen) atoms. The largest absolute Gasteiger partial charge is 0.456 e. The first-order valence-corrected chi connectivity index (χ1v) is 9.69. The summed E-state index contributed by atoms with van der Waals surface area (Å²) in [6.07, 6.45) is 1.85. The number of ketones is 1. The van der Waals surface area contributed by atoms with E-state index in [9.17, 15) is 9.59 Å². The second-order valence-electron chi connectivity index (χ2n) is 7.78. The van der Waals surface area contributed by atoms with Crippen LogP contribution in [0.3, 0.4) is 0 Å². The number of benzene rings is 1. The molecule has 0 aliphatic carbocycles. The maximum atomic E-state index is 12.9. The summed E-state index contributed by atoms with van der Waals surface area (Å²) in [6.45, 7) is 14.9. The van der Waals surface area contributed by atoms with Crippen molar-refractivity contribution in [1.29, 1.82) is 0 Å². The molecule has 1 aromatic carbocycles. The van der Waals surface area contributed by atoms with Crippen LogP contribution in [0.5, 0.6) is 0 Å².